The fourth-order valence-electron chi connectivity index (χ4n) is 3.80. The number of benzene rings is 3. The Morgan fingerprint density at radius 2 is 1.68 bits per heavy atom. The van der Waals surface area contributed by atoms with Gasteiger partial charge in [-0.3, -0.25) is 13.9 Å². The first kappa shape index (κ1) is 29.4. The van der Waals surface area contributed by atoms with Crippen LogP contribution in [0.1, 0.15) is 25.8 Å². The number of hydrogen-bond donors (Lipinski definition) is 1. The monoisotopic (exact) mass is 649 g/mol. The van der Waals surface area contributed by atoms with E-state index in [2.05, 4.69) is 27.9 Å². The van der Waals surface area contributed by atoms with E-state index in [1.807, 2.05) is 13.0 Å². The predicted octanol–water partition coefficient (Wildman–Crippen LogP) is 4.44. The molecule has 3 aromatic rings. The quantitative estimate of drug-likeness (QED) is 0.293. The Balaban J connectivity index is 2.00. The number of sulfonamides is 1. The summed E-state index contributed by atoms with van der Waals surface area (Å²) in [6.07, 6.45) is 0.748. The number of carbonyl (C=O) groups excluding carboxylic acids is 2. The van der Waals surface area contributed by atoms with Gasteiger partial charge in [0.1, 0.15) is 18.3 Å². The van der Waals surface area contributed by atoms with Crippen LogP contribution in [0.4, 0.5) is 5.69 Å². The van der Waals surface area contributed by atoms with Crippen molar-refractivity contribution in [2.24, 2.45) is 0 Å². The van der Waals surface area contributed by atoms with Gasteiger partial charge in [0.25, 0.3) is 10.0 Å². The highest BCUT2D eigenvalue weighted by molar-refractivity contribution is 14.1. The molecule has 0 saturated heterocycles. The molecule has 10 heteroatoms. The van der Waals surface area contributed by atoms with Crippen molar-refractivity contribution in [2.45, 2.75) is 37.8 Å². The van der Waals surface area contributed by atoms with E-state index in [-0.39, 0.29) is 17.3 Å². The lowest BCUT2D eigenvalue weighted by molar-refractivity contribution is -0.139. The van der Waals surface area contributed by atoms with Gasteiger partial charge in [0.05, 0.1) is 17.7 Å². The maximum atomic E-state index is 13.9. The Kier molecular flexibility index (Phi) is 10.5. The molecule has 0 saturated carbocycles. The minimum absolute atomic E-state index is 0.0689. The molecule has 3 rings (SSSR count). The van der Waals surface area contributed by atoms with E-state index in [9.17, 15) is 18.0 Å². The van der Waals surface area contributed by atoms with Crippen LogP contribution in [0.25, 0.3) is 0 Å². The molecule has 0 heterocycles. The molecule has 0 aliphatic carbocycles. The molecule has 1 unspecified atom stereocenters. The molecular formula is C28H32IN3O5S. The summed E-state index contributed by atoms with van der Waals surface area (Å²) in [5.41, 5.74) is 1.10. The molecular weight excluding hydrogens is 617 g/mol. The number of amides is 2. The zero-order valence-corrected chi connectivity index (χ0v) is 24.6. The number of hydrogen-bond acceptors (Lipinski definition) is 5. The van der Waals surface area contributed by atoms with Gasteiger partial charge < -0.3 is 15.0 Å². The summed E-state index contributed by atoms with van der Waals surface area (Å²) in [5.74, 6) is -0.204. The van der Waals surface area contributed by atoms with E-state index in [1.54, 1.807) is 74.7 Å². The molecule has 8 nitrogen and oxygen atoms in total. The predicted molar refractivity (Wildman–Crippen MR) is 156 cm³/mol. The summed E-state index contributed by atoms with van der Waals surface area (Å²) in [5, 5.41) is 2.83. The lowest BCUT2D eigenvalue weighted by Gasteiger charge is -2.32. The molecule has 0 spiro atoms. The third-order valence-corrected chi connectivity index (χ3v) is 8.44. The fourth-order valence-corrected chi connectivity index (χ4v) is 5.60. The lowest BCUT2D eigenvalue weighted by Crippen LogP contribution is -2.51. The van der Waals surface area contributed by atoms with Crippen LogP contribution in [0, 0.1) is 3.57 Å². The van der Waals surface area contributed by atoms with Crippen LogP contribution in [0.3, 0.4) is 0 Å². The average Bonchev–Trinajstić information content (AvgIpc) is 2.93. The first-order valence-corrected chi connectivity index (χ1v) is 14.7. The van der Waals surface area contributed by atoms with E-state index in [0.29, 0.717) is 18.0 Å². The van der Waals surface area contributed by atoms with E-state index >= 15 is 0 Å². The van der Waals surface area contributed by atoms with Crippen LogP contribution in [0.5, 0.6) is 5.75 Å². The summed E-state index contributed by atoms with van der Waals surface area (Å²) in [6, 6.07) is 21.3. The molecule has 0 aliphatic heterocycles. The van der Waals surface area contributed by atoms with Gasteiger partial charge in [0.2, 0.25) is 11.8 Å². The average molecular weight is 650 g/mol. The Morgan fingerprint density at radius 1 is 1.00 bits per heavy atom. The Labute approximate surface area is 238 Å². The molecule has 202 valence electrons. The summed E-state index contributed by atoms with van der Waals surface area (Å²) in [7, 11) is -2.52. The van der Waals surface area contributed by atoms with Crippen molar-refractivity contribution in [1.82, 2.24) is 10.2 Å². The first-order chi connectivity index (χ1) is 18.2. The normalized spacial score (nSPS) is 11.9. The van der Waals surface area contributed by atoms with Crippen LogP contribution in [0.15, 0.2) is 83.8 Å². The summed E-state index contributed by atoms with van der Waals surface area (Å²) in [6.45, 7) is 3.68. The van der Waals surface area contributed by atoms with Gasteiger partial charge in [-0.1, -0.05) is 37.3 Å². The molecule has 0 bridgehead atoms. The maximum Gasteiger partial charge on any atom is 0.264 e. The molecule has 38 heavy (non-hydrogen) atoms. The van der Waals surface area contributed by atoms with Gasteiger partial charge in [-0.05, 0) is 90.0 Å². The minimum atomic E-state index is -4.08. The highest BCUT2D eigenvalue weighted by Gasteiger charge is 2.32. The smallest absolute Gasteiger partial charge is 0.264 e. The topological polar surface area (TPSA) is 96.0 Å². The molecule has 3 aromatic carbocycles. The van der Waals surface area contributed by atoms with Gasteiger partial charge in [-0.25, -0.2) is 8.42 Å². The number of rotatable bonds is 12. The summed E-state index contributed by atoms with van der Waals surface area (Å²) in [4.78, 5) is 28.2. The molecule has 0 radical (unpaired) electrons. The fraction of sp³-hybridized carbons (Fsp3) is 0.286. The Bertz CT molecular complexity index is 1330. The van der Waals surface area contributed by atoms with Crippen LogP contribution in [0.2, 0.25) is 0 Å². The van der Waals surface area contributed by atoms with E-state index in [4.69, 9.17) is 4.74 Å². The number of halogens is 1. The van der Waals surface area contributed by atoms with Crippen LogP contribution >= 0.6 is 22.6 Å². The maximum absolute atomic E-state index is 13.9. The van der Waals surface area contributed by atoms with Crippen LogP contribution in [-0.2, 0) is 26.2 Å². The summed E-state index contributed by atoms with van der Waals surface area (Å²) >= 11 is 2.14. The number of anilines is 1. The SMILES string of the molecule is CCCNC(=O)C(C)N(Cc1cccc(OC)c1)C(=O)CN(c1ccc(I)cc1)S(=O)(=O)c1ccccc1. The van der Waals surface area contributed by atoms with E-state index < -0.39 is 28.5 Å². The van der Waals surface area contributed by atoms with Gasteiger partial charge in [-0.2, -0.15) is 0 Å². The van der Waals surface area contributed by atoms with Crippen LogP contribution < -0.4 is 14.4 Å². The Morgan fingerprint density at radius 3 is 2.32 bits per heavy atom. The number of nitrogens with one attached hydrogen (secondary N) is 1. The molecule has 1 N–H and O–H groups in total. The number of nitrogens with zero attached hydrogens (tertiary/aromatic N) is 2. The van der Waals surface area contributed by atoms with Crippen LogP contribution in [-0.4, -0.2) is 51.4 Å². The van der Waals surface area contributed by atoms with Crippen molar-refractivity contribution in [3.63, 3.8) is 0 Å². The largest absolute Gasteiger partial charge is 0.497 e. The lowest BCUT2D eigenvalue weighted by atomic mass is 10.1. The van der Waals surface area contributed by atoms with E-state index in [0.717, 1.165) is 19.9 Å². The molecule has 0 fully saturated rings. The van der Waals surface area contributed by atoms with Crippen molar-refractivity contribution in [3.8, 4) is 5.75 Å². The van der Waals surface area contributed by atoms with Crippen molar-refractivity contribution < 1.29 is 22.7 Å². The second kappa shape index (κ2) is 13.6. The van der Waals surface area contributed by atoms with Crippen molar-refractivity contribution in [3.05, 3.63) is 88.0 Å². The summed E-state index contributed by atoms with van der Waals surface area (Å²) < 4.78 is 34.8. The second-order valence-electron chi connectivity index (χ2n) is 8.64. The highest BCUT2D eigenvalue weighted by Crippen LogP contribution is 2.25. The van der Waals surface area contributed by atoms with Gasteiger partial charge in [0.15, 0.2) is 0 Å². The zero-order chi connectivity index (χ0) is 27.7. The van der Waals surface area contributed by atoms with Crippen molar-refractivity contribution in [2.75, 3.05) is 24.5 Å². The third-order valence-electron chi connectivity index (χ3n) is 5.93. The minimum Gasteiger partial charge on any atom is -0.497 e. The Hall–Kier alpha value is -3.12. The molecule has 1 atom stereocenters. The van der Waals surface area contributed by atoms with E-state index in [1.165, 1.54) is 17.0 Å². The highest BCUT2D eigenvalue weighted by atomic mass is 127. The van der Waals surface area contributed by atoms with Gasteiger partial charge >= 0.3 is 0 Å². The molecule has 2 amide bonds. The van der Waals surface area contributed by atoms with Gasteiger partial charge in [0, 0.05) is 16.7 Å². The number of methoxy groups -OCH3 is 1. The van der Waals surface area contributed by atoms with Crippen molar-refractivity contribution >= 4 is 50.1 Å². The molecule has 0 aliphatic rings. The first-order valence-electron chi connectivity index (χ1n) is 12.2. The standard InChI is InChI=1S/C28H32IN3O5S/c1-4-17-30-28(34)21(2)31(19-22-9-8-10-25(18-22)37-3)27(33)20-32(24-15-13-23(29)14-16-24)38(35,36)26-11-6-5-7-12-26/h5-16,18,21H,4,17,19-20H2,1-3H3,(H,30,34). The second-order valence-corrected chi connectivity index (χ2v) is 11.7. The molecule has 0 aromatic heterocycles. The zero-order valence-electron chi connectivity index (χ0n) is 21.6. The third kappa shape index (κ3) is 7.47. The van der Waals surface area contributed by atoms with Crippen molar-refractivity contribution in [1.29, 1.82) is 0 Å². The number of ether oxygens (including phenoxy) is 1. The van der Waals surface area contributed by atoms with Gasteiger partial charge in [-0.15, -0.1) is 0 Å². The number of carbonyl (C=O) groups is 2.